The molecule has 8 aromatic rings. The SMILES string of the molecule is CCCC[C@@H](CC)CN1C(=O)c2cc([P+](c3ccccc3)(c3ccccc3)c3ccccc3)c3c4c(cc([P+](c5ccccc5)(c5ccccc5)c5ccccc5)c(c24)C1=O)C(=O)N(C[C@@H](CC)CCCC)C3=O.ClC(Cl)Cl.ClC(Cl)Cl.[Br-].[Br-]. The summed E-state index contributed by atoms with van der Waals surface area (Å²) in [6, 6.07) is 66.5. The van der Waals surface area contributed by atoms with E-state index >= 15 is 19.2 Å². The Morgan fingerprint density at radius 2 is 0.595 bits per heavy atom. The number of unbranched alkanes of at least 4 members (excludes halogenated alkanes) is 2. The predicted molar refractivity (Wildman–Crippen MR) is 354 cm³/mol. The first kappa shape index (κ1) is 69.0. The highest BCUT2D eigenvalue weighted by Crippen LogP contribution is 2.60. The quantitative estimate of drug-likeness (QED) is 0.0433. The molecule has 84 heavy (non-hydrogen) atoms. The number of rotatable bonds is 20. The lowest BCUT2D eigenvalue weighted by atomic mass is 9.84. The Morgan fingerprint density at radius 1 is 0.369 bits per heavy atom. The predicted octanol–water partition coefficient (Wildman–Crippen LogP) is 9.68. The smallest absolute Gasteiger partial charge is 0.265 e. The van der Waals surface area contributed by atoms with Crippen molar-refractivity contribution in [2.45, 2.75) is 87.7 Å². The molecular formula is C68H68Br2Cl6N2O4P2. The molecule has 0 saturated carbocycles. The molecule has 440 valence electrons. The molecule has 6 nitrogen and oxygen atoms in total. The number of nitrogens with zero attached hydrogens (tertiary/aromatic N) is 2. The second-order valence-corrected chi connectivity index (χ2v) is 31.2. The van der Waals surface area contributed by atoms with Crippen LogP contribution in [-0.2, 0) is 0 Å². The van der Waals surface area contributed by atoms with E-state index in [0.717, 1.165) is 83.2 Å². The van der Waals surface area contributed by atoms with E-state index in [4.69, 9.17) is 69.6 Å². The van der Waals surface area contributed by atoms with Crippen molar-refractivity contribution >= 4 is 161 Å². The summed E-state index contributed by atoms with van der Waals surface area (Å²) >= 11 is 28.8. The fourth-order valence-electron chi connectivity index (χ4n) is 12.0. The molecule has 2 heterocycles. The zero-order valence-corrected chi connectivity index (χ0v) is 56.8. The molecule has 2 atom stereocenters. The van der Waals surface area contributed by atoms with Crippen molar-refractivity contribution in [2.24, 2.45) is 11.8 Å². The zero-order valence-electron chi connectivity index (χ0n) is 47.3. The van der Waals surface area contributed by atoms with Gasteiger partial charge >= 0.3 is 0 Å². The van der Waals surface area contributed by atoms with E-state index in [-0.39, 0.29) is 70.7 Å². The number of carbonyl (C=O) groups excluding carboxylic acids is 4. The Morgan fingerprint density at radius 3 is 0.798 bits per heavy atom. The van der Waals surface area contributed by atoms with Crippen LogP contribution in [0.3, 0.4) is 0 Å². The summed E-state index contributed by atoms with van der Waals surface area (Å²) < 4.78 is -1.50. The Labute approximate surface area is 548 Å². The van der Waals surface area contributed by atoms with Crippen molar-refractivity contribution in [3.8, 4) is 0 Å². The van der Waals surface area contributed by atoms with E-state index in [1.165, 1.54) is 9.80 Å². The molecule has 0 fully saturated rings. The van der Waals surface area contributed by atoms with Gasteiger partial charge in [0.15, 0.2) is 8.59 Å². The number of imide groups is 2. The Bertz CT molecular complexity index is 3040. The summed E-state index contributed by atoms with van der Waals surface area (Å²) in [5, 5.41) is 8.28. The van der Waals surface area contributed by atoms with Crippen LogP contribution < -0.4 is 76.4 Å². The van der Waals surface area contributed by atoms with Crippen molar-refractivity contribution in [1.82, 2.24) is 9.80 Å². The molecule has 0 aromatic heterocycles. The van der Waals surface area contributed by atoms with Crippen LogP contribution in [0.4, 0.5) is 0 Å². The van der Waals surface area contributed by atoms with Gasteiger partial charge in [-0.1, -0.05) is 245 Å². The van der Waals surface area contributed by atoms with Crippen LogP contribution in [0.25, 0.3) is 10.8 Å². The lowest BCUT2D eigenvalue weighted by molar-refractivity contribution is -0.00100. The lowest BCUT2D eigenvalue weighted by Crippen LogP contribution is -3.00. The van der Waals surface area contributed by atoms with E-state index in [1.54, 1.807) is 0 Å². The van der Waals surface area contributed by atoms with Crippen LogP contribution in [0, 0.1) is 11.8 Å². The second kappa shape index (κ2) is 32.2. The van der Waals surface area contributed by atoms with Crippen LogP contribution in [0.1, 0.15) is 120 Å². The lowest BCUT2D eigenvalue weighted by Gasteiger charge is -2.38. The first-order valence-corrected chi connectivity index (χ1v) is 34.3. The third-order valence-electron chi connectivity index (χ3n) is 15.8. The molecule has 8 aromatic carbocycles. The summed E-state index contributed by atoms with van der Waals surface area (Å²) in [6.07, 6.45) is 7.29. The third kappa shape index (κ3) is 14.2. The van der Waals surface area contributed by atoms with Gasteiger partial charge in [0, 0.05) is 23.9 Å². The van der Waals surface area contributed by atoms with Crippen molar-refractivity contribution < 1.29 is 53.1 Å². The van der Waals surface area contributed by atoms with Gasteiger partial charge in [-0.3, -0.25) is 29.0 Å². The standard InChI is InChI=1S/C66H66N2O4P2.2CHCl3.2BrH/c1-5-9-29-47(7-3)45-67-63(69)55-43-58(74(52-37-23-14-24-38-52,53-39-25-15-26-40-53)54-41-27-16-28-42-54)62-60-56(64(70)68(66(62)72)46-48(8-4)30-10-6-2)44-57(61(59(55)60)65(67)71)73(49-31-17-11-18-32-49,50-33-19-12-20-34-50)51-35-21-13-22-36-51;2*2-1(3)4;;/h11-28,31-44,47-48H,5-10,29-30,45-46H2,1-4H3;2*1H;2*1H/q+2;;;;/p-2/t47-,48+;;;;. The van der Waals surface area contributed by atoms with Crippen molar-refractivity contribution in [1.29, 1.82) is 0 Å². The van der Waals surface area contributed by atoms with Crippen LogP contribution in [0.15, 0.2) is 194 Å². The second-order valence-electron chi connectivity index (χ2n) is 20.5. The molecule has 0 spiro atoms. The summed E-state index contributed by atoms with van der Waals surface area (Å²) in [7, 11) is -6.26. The fraction of sp³-hybridized carbons (Fsp3) is 0.265. The molecule has 0 radical (unpaired) electrons. The van der Waals surface area contributed by atoms with Gasteiger partial charge in [-0.05, 0) is 110 Å². The average molecular weight is 1410 g/mol. The molecule has 0 N–H and O–H groups in total. The highest BCUT2D eigenvalue weighted by molar-refractivity contribution is 8.02. The van der Waals surface area contributed by atoms with E-state index in [0.29, 0.717) is 43.6 Å². The van der Waals surface area contributed by atoms with Gasteiger partial charge in [0.05, 0.1) is 22.3 Å². The van der Waals surface area contributed by atoms with Gasteiger partial charge in [-0.15, -0.1) is 0 Å². The fourth-order valence-corrected chi connectivity index (χ4v) is 20.9. The molecule has 2 aliphatic heterocycles. The number of alkyl halides is 6. The maximum Gasteiger partial charge on any atom is 0.265 e. The molecule has 4 amide bonds. The average Bonchev–Trinajstić information content (AvgIpc) is 0.732. The van der Waals surface area contributed by atoms with E-state index in [2.05, 4.69) is 100 Å². The summed E-state index contributed by atoms with van der Waals surface area (Å²) in [4.78, 5) is 68.3. The van der Waals surface area contributed by atoms with Gasteiger partial charge in [0.25, 0.3) is 23.6 Å². The van der Waals surface area contributed by atoms with Crippen LogP contribution in [-0.4, -0.2) is 55.1 Å². The van der Waals surface area contributed by atoms with Gasteiger partial charge in [-0.2, -0.15) is 0 Å². The topological polar surface area (TPSA) is 74.8 Å². The minimum absolute atomic E-state index is 0. The number of carbonyl (C=O) groups is 4. The normalized spacial score (nSPS) is 13.6. The third-order valence-corrected chi connectivity index (χ3v) is 24.4. The van der Waals surface area contributed by atoms with Gasteiger partial charge < -0.3 is 34.0 Å². The van der Waals surface area contributed by atoms with Gasteiger partial charge in [0.2, 0.25) is 0 Å². The van der Waals surface area contributed by atoms with Crippen molar-refractivity contribution in [3.63, 3.8) is 0 Å². The minimum Gasteiger partial charge on any atom is -1.00 e. The molecule has 0 aliphatic carbocycles. The summed E-state index contributed by atoms with van der Waals surface area (Å²) in [5.74, 6) is -1.41. The first-order valence-electron chi connectivity index (χ1n) is 28.1. The zero-order chi connectivity index (χ0) is 58.6. The first-order chi connectivity index (χ1) is 39.7. The van der Waals surface area contributed by atoms with Crippen LogP contribution in [0.2, 0.25) is 0 Å². The molecular weight excluding hydrogens is 1340 g/mol. The Hall–Kier alpha value is -4.14. The Balaban J connectivity index is 0.00000106. The van der Waals surface area contributed by atoms with Crippen molar-refractivity contribution in [3.05, 3.63) is 216 Å². The highest BCUT2D eigenvalue weighted by atomic mass is 79.9. The molecule has 0 saturated heterocycles. The Kier molecular flexibility index (Phi) is 26.4. The van der Waals surface area contributed by atoms with Crippen LogP contribution in [0.5, 0.6) is 0 Å². The largest absolute Gasteiger partial charge is 1.00 e. The molecule has 0 bridgehead atoms. The van der Waals surface area contributed by atoms with Crippen molar-refractivity contribution in [2.75, 3.05) is 13.1 Å². The number of hydrogen-bond acceptors (Lipinski definition) is 4. The summed E-state index contributed by atoms with van der Waals surface area (Å²) in [5.41, 5.74) is 1.50. The number of amides is 4. The maximum absolute atomic E-state index is 16.4. The van der Waals surface area contributed by atoms with E-state index in [1.807, 2.05) is 121 Å². The number of halogens is 8. The molecule has 2 aliphatic rings. The maximum atomic E-state index is 16.4. The molecule has 0 unspecified atom stereocenters. The van der Waals surface area contributed by atoms with Gasteiger partial charge in [0.1, 0.15) is 57.0 Å². The van der Waals surface area contributed by atoms with E-state index < -0.39 is 34.9 Å². The number of hydrogen-bond donors (Lipinski definition) is 0. The monoisotopic (exact) mass is 1410 g/mol. The molecule has 16 heteroatoms. The van der Waals surface area contributed by atoms with E-state index in [9.17, 15) is 0 Å². The minimum atomic E-state index is -3.13. The highest BCUT2D eigenvalue weighted by Gasteiger charge is 2.58. The van der Waals surface area contributed by atoms with Crippen LogP contribution >= 0.6 is 84.1 Å². The number of benzene rings is 8. The summed E-state index contributed by atoms with van der Waals surface area (Å²) in [6.45, 7) is 9.13. The van der Waals surface area contributed by atoms with Gasteiger partial charge in [-0.25, -0.2) is 0 Å². The molecule has 10 rings (SSSR count).